The molecule has 1 atom stereocenters. The average molecular weight is 292 g/mol. The Morgan fingerprint density at radius 1 is 1.50 bits per heavy atom. The minimum atomic E-state index is -1.03. The molecule has 0 aliphatic rings. The molecule has 2 rings (SSSR count). The molecule has 2 heterocycles. The molecule has 0 bridgehead atoms. The Morgan fingerprint density at radius 3 is 2.85 bits per heavy atom. The molecular weight excluding hydrogens is 276 g/mol. The second-order valence-electron chi connectivity index (χ2n) is 4.56. The number of aryl methyl sites for hydroxylation is 2. The van der Waals surface area contributed by atoms with E-state index in [2.05, 4.69) is 10.3 Å². The first-order valence-electron chi connectivity index (χ1n) is 6.14. The molecule has 20 heavy (non-hydrogen) atoms. The zero-order chi connectivity index (χ0) is 14.7. The Balaban J connectivity index is 2.19. The van der Waals surface area contributed by atoms with Crippen LogP contribution in [0.2, 0.25) is 0 Å². The van der Waals surface area contributed by atoms with Gasteiger partial charge in [-0.3, -0.25) is 0 Å². The van der Waals surface area contributed by atoms with Crippen LogP contribution in [0.25, 0.3) is 0 Å². The van der Waals surface area contributed by atoms with Gasteiger partial charge in [-0.25, -0.2) is 9.78 Å². The van der Waals surface area contributed by atoms with Crippen molar-refractivity contribution < 1.29 is 15.0 Å². The number of aromatic carboxylic acids is 1. The lowest BCUT2D eigenvalue weighted by atomic mass is 10.1. The number of aliphatic hydroxyl groups excluding tert-OH is 1. The molecule has 2 aromatic heterocycles. The van der Waals surface area contributed by atoms with Crippen LogP contribution in [0, 0.1) is 13.8 Å². The number of carboxylic acid groups (broad SMARTS) is 1. The number of thiophene rings is 1. The van der Waals surface area contributed by atoms with E-state index in [-0.39, 0.29) is 12.1 Å². The van der Waals surface area contributed by atoms with Gasteiger partial charge in [-0.1, -0.05) is 0 Å². The monoisotopic (exact) mass is 292 g/mol. The van der Waals surface area contributed by atoms with Gasteiger partial charge in [0.05, 0.1) is 6.10 Å². The quantitative estimate of drug-likeness (QED) is 0.789. The maximum Gasteiger partial charge on any atom is 0.339 e. The number of nitrogens with one attached hydrogen (secondary N) is 1. The first-order chi connectivity index (χ1) is 9.49. The maximum atomic E-state index is 11.3. The molecule has 0 saturated carbocycles. The number of nitrogens with zero attached hydrogens (tertiary/aromatic N) is 1. The number of pyridine rings is 1. The first kappa shape index (κ1) is 14.5. The molecule has 0 radical (unpaired) electrons. The minimum absolute atomic E-state index is 0.146. The molecule has 0 amide bonds. The summed E-state index contributed by atoms with van der Waals surface area (Å²) >= 11 is 1.51. The number of carbonyl (C=O) groups is 1. The summed E-state index contributed by atoms with van der Waals surface area (Å²) in [4.78, 5) is 15.5. The van der Waals surface area contributed by atoms with Crippen LogP contribution in [0.3, 0.4) is 0 Å². The van der Waals surface area contributed by atoms with Gasteiger partial charge in [-0.15, -0.1) is 0 Å². The van der Waals surface area contributed by atoms with E-state index in [9.17, 15) is 15.0 Å². The van der Waals surface area contributed by atoms with Crippen molar-refractivity contribution in [3.8, 4) is 0 Å². The predicted octanol–water partition coefficient (Wildman–Crippen LogP) is 2.60. The van der Waals surface area contributed by atoms with Crippen molar-refractivity contribution in [1.29, 1.82) is 0 Å². The maximum absolute atomic E-state index is 11.3. The highest BCUT2D eigenvalue weighted by molar-refractivity contribution is 7.07. The second-order valence-corrected chi connectivity index (χ2v) is 5.34. The molecule has 2 aromatic rings. The van der Waals surface area contributed by atoms with Crippen LogP contribution < -0.4 is 5.32 Å². The van der Waals surface area contributed by atoms with Crippen LogP contribution in [0.15, 0.2) is 22.9 Å². The van der Waals surface area contributed by atoms with Gasteiger partial charge < -0.3 is 15.5 Å². The Bertz CT molecular complexity index is 611. The van der Waals surface area contributed by atoms with Crippen molar-refractivity contribution in [2.45, 2.75) is 20.0 Å². The number of rotatable bonds is 5. The van der Waals surface area contributed by atoms with E-state index in [1.54, 1.807) is 19.9 Å². The summed E-state index contributed by atoms with van der Waals surface area (Å²) < 4.78 is 0. The third kappa shape index (κ3) is 3.15. The molecule has 0 saturated heterocycles. The molecule has 1 unspecified atom stereocenters. The summed E-state index contributed by atoms with van der Waals surface area (Å²) in [6.45, 7) is 3.75. The summed E-state index contributed by atoms with van der Waals surface area (Å²) in [6, 6.07) is 3.56. The van der Waals surface area contributed by atoms with Gasteiger partial charge >= 0.3 is 5.97 Å². The van der Waals surface area contributed by atoms with Gasteiger partial charge in [-0.2, -0.15) is 11.3 Å². The summed E-state index contributed by atoms with van der Waals surface area (Å²) in [7, 11) is 0. The fourth-order valence-electron chi connectivity index (χ4n) is 2.01. The molecule has 0 aromatic carbocycles. The number of hydrogen-bond acceptors (Lipinski definition) is 5. The smallest absolute Gasteiger partial charge is 0.339 e. The molecule has 0 aliphatic heterocycles. The number of carboxylic acids is 1. The van der Waals surface area contributed by atoms with Crippen LogP contribution in [-0.2, 0) is 0 Å². The highest BCUT2D eigenvalue weighted by Crippen LogP contribution is 2.21. The van der Waals surface area contributed by atoms with E-state index in [0.29, 0.717) is 11.4 Å². The molecule has 3 N–H and O–H groups in total. The lowest BCUT2D eigenvalue weighted by molar-refractivity contribution is 0.0696. The topological polar surface area (TPSA) is 82.5 Å². The van der Waals surface area contributed by atoms with Crippen LogP contribution in [0.4, 0.5) is 5.82 Å². The number of hydrogen-bond donors (Lipinski definition) is 3. The van der Waals surface area contributed by atoms with Crippen molar-refractivity contribution in [3.05, 3.63) is 45.3 Å². The molecule has 0 aliphatic carbocycles. The largest absolute Gasteiger partial charge is 0.478 e. The minimum Gasteiger partial charge on any atom is -0.478 e. The Hall–Kier alpha value is -1.92. The molecular formula is C14H16N2O3S. The van der Waals surface area contributed by atoms with Crippen LogP contribution in [0.1, 0.15) is 33.3 Å². The van der Waals surface area contributed by atoms with Crippen LogP contribution >= 0.6 is 11.3 Å². The van der Waals surface area contributed by atoms with Gasteiger partial charge in [0.2, 0.25) is 0 Å². The highest BCUT2D eigenvalue weighted by Gasteiger charge is 2.17. The molecule has 0 fully saturated rings. The van der Waals surface area contributed by atoms with E-state index in [1.165, 1.54) is 11.3 Å². The number of aliphatic hydroxyl groups is 1. The molecule has 5 nitrogen and oxygen atoms in total. The van der Waals surface area contributed by atoms with Crippen LogP contribution in [-0.4, -0.2) is 27.7 Å². The lowest BCUT2D eigenvalue weighted by Crippen LogP contribution is -2.16. The van der Waals surface area contributed by atoms with E-state index < -0.39 is 12.1 Å². The Labute approximate surface area is 120 Å². The zero-order valence-corrected chi connectivity index (χ0v) is 12.1. The van der Waals surface area contributed by atoms with E-state index >= 15 is 0 Å². The number of anilines is 1. The van der Waals surface area contributed by atoms with Gasteiger partial charge in [0, 0.05) is 12.2 Å². The van der Waals surface area contributed by atoms with Gasteiger partial charge in [-0.05, 0) is 47.9 Å². The Kier molecular flexibility index (Phi) is 4.36. The standard InChI is InChI=1S/C14H16N2O3S/c1-8-5-9(2)16-13(12(8)14(18)19)15-6-11(17)10-3-4-20-7-10/h3-5,7,11,17H,6H2,1-2H3,(H,15,16)(H,18,19). The second kappa shape index (κ2) is 6.02. The zero-order valence-electron chi connectivity index (χ0n) is 11.3. The van der Waals surface area contributed by atoms with Crippen LogP contribution in [0.5, 0.6) is 0 Å². The van der Waals surface area contributed by atoms with Gasteiger partial charge in [0.15, 0.2) is 0 Å². The summed E-state index contributed by atoms with van der Waals surface area (Å²) in [6.07, 6.45) is -0.689. The van der Waals surface area contributed by atoms with E-state index in [0.717, 1.165) is 11.3 Å². The predicted molar refractivity (Wildman–Crippen MR) is 78.4 cm³/mol. The van der Waals surface area contributed by atoms with Crippen molar-refractivity contribution in [2.24, 2.45) is 0 Å². The van der Waals surface area contributed by atoms with E-state index in [1.807, 2.05) is 16.8 Å². The third-order valence-electron chi connectivity index (χ3n) is 2.95. The van der Waals surface area contributed by atoms with Gasteiger partial charge in [0.1, 0.15) is 11.4 Å². The first-order valence-corrected chi connectivity index (χ1v) is 7.09. The fraction of sp³-hybridized carbons (Fsp3) is 0.286. The van der Waals surface area contributed by atoms with Gasteiger partial charge in [0.25, 0.3) is 0 Å². The highest BCUT2D eigenvalue weighted by atomic mass is 32.1. The molecule has 6 heteroatoms. The van der Waals surface area contributed by atoms with Crippen molar-refractivity contribution >= 4 is 23.1 Å². The molecule has 106 valence electrons. The summed E-state index contributed by atoms with van der Waals surface area (Å²) in [5.41, 5.74) is 2.34. The van der Waals surface area contributed by atoms with Crippen molar-refractivity contribution in [3.63, 3.8) is 0 Å². The average Bonchev–Trinajstić information content (AvgIpc) is 2.88. The van der Waals surface area contributed by atoms with Crippen molar-refractivity contribution in [1.82, 2.24) is 4.98 Å². The lowest BCUT2D eigenvalue weighted by Gasteiger charge is -2.14. The number of aromatic nitrogens is 1. The SMILES string of the molecule is Cc1cc(C)c(C(=O)O)c(NCC(O)c2ccsc2)n1. The Morgan fingerprint density at radius 2 is 2.25 bits per heavy atom. The summed E-state index contributed by atoms with van der Waals surface area (Å²) in [5.74, 6) is -0.730. The fourth-order valence-corrected chi connectivity index (χ4v) is 2.72. The van der Waals surface area contributed by atoms with Crippen molar-refractivity contribution in [2.75, 3.05) is 11.9 Å². The third-order valence-corrected chi connectivity index (χ3v) is 3.65. The normalized spacial score (nSPS) is 12.2. The van der Waals surface area contributed by atoms with E-state index in [4.69, 9.17) is 0 Å². The molecule has 0 spiro atoms. The summed E-state index contributed by atoms with van der Waals surface area (Å²) in [5, 5.41) is 25.9.